The van der Waals surface area contributed by atoms with Gasteiger partial charge < -0.3 is 20.3 Å². The van der Waals surface area contributed by atoms with E-state index in [9.17, 15) is 10.2 Å². The Morgan fingerprint density at radius 1 is 1.35 bits per heavy atom. The molecule has 0 saturated heterocycles. The molecule has 0 aliphatic rings. The minimum atomic E-state index is -0.548. The second-order valence-electron chi connectivity index (χ2n) is 4.33. The number of halogens is 1. The molecular formula is C12H18BrNO3. The van der Waals surface area contributed by atoms with Crippen LogP contribution in [-0.2, 0) is 0 Å². The van der Waals surface area contributed by atoms with Gasteiger partial charge in [0, 0.05) is 16.4 Å². The molecule has 4 nitrogen and oxygen atoms in total. The van der Waals surface area contributed by atoms with Crippen molar-refractivity contribution >= 4 is 21.6 Å². The predicted octanol–water partition coefficient (Wildman–Crippen LogP) is 1.86. The summed E-state index contributed by atoms with van der Waals surface area (Å²) in [5.74, 6) is 0.728. The zero-order chi connectivity index (χ0) is 12.9. The normalized spacial score (nSPS) is 11.4. The van der Waals surface area contributed by atoms with E-state index >= 15 is 0 Å². The minimum absolute atomic E-state index is 0.0766. The lowest BCUT2D eigenvalue weighted by molar-refractivity contribution is 0.0806. The van der Waals surface area contributed by atoms with Gasteiger partial charge >= 0.3 is 0 Å². The zero-order valence-electron chi connectivity index (χ0n) is 10.0. The quantitative estimate of drug-likeness (QED) is 0.751. The minimum Gasteiger partial charge on any atom is -0.495 e. The Kier molecular flexibility index (Phi) is 5.24. The third-order valence-corrected chi connectivity index (χ3v) is 3.12. The Morgan fingerprint density at radius 3 is 2.53 bits per heavy atom. The number of benzene rings is 1. The van der Waals surface area contributed by atoms with E-state index in [1.54, 1.807) is 7.11 Å². The van der Waals surface area contributed by atoms with Crippen molar-refractivity contribution in [1.82, 2.24) is 0 Å². The summed E-state index contributed by atoms with van der Waals surface area (Å²) < 4.78 is 6.16. The van der Waals surface area contributed by atoms with Gasteiger partial charge in [-0.3, -0.25) is 0 Å². The zero-order valence-corrected chi connectivity index (χ0v) is 11.6. The van der Waals surface area contributed by atoms with E-state index in [4.69, 9.17) is 4.74 Å². The molecule has 0 unspecified atom stereocenters. The van der Waals surface area contributed by atoms with E-state index in [0.29, 0.717) is 6.54 Å². The van der Waals surface area contributed by atoms with E-state index in [1.807, 2.05) is 25.1 Å². The Bertz CT molecular complexity index is 367. The smallest absolute Gasteiger partial charge is 0.142 e. The van der Waals surface area contributed by atoms with Crippen molar-refractivity contribution in [2.24, 2.45) is 5.41 Å². The monoisotopic (exact) mass is 303 g/mol. The summed E-state index contributed by atoms with van der Waals surface area (Å²) in [6.45, 7) is 2.12. The molecular weight excluding hydrogens is 286 g/mol. The number of aliphatic hydroxyl groups excluding tert-OH is 2. The number of nitrogens with one attached hydrogen (secondary N) is 1. The number of anilines is 1. The molecule has 0 aliphatic carbocycles. The average molecular weight is 304 g/mol. The molecule has 0 amide bonds. The van der Waals surface area contributed by atoms with Gasteiger partial charge in [-0.05, 0) is 18.2 Å². The molecule has 17 heavy (non-hydrogen) atoms. The van der Waals surface area contributed by atoms with Crippen LogP contribution in [0.15, 0.2) is 22.7 Å². The molecule has 0 bridgehead atoms. The van der Waals surface area contributed by atoms with Crippen molar-refractivity contribution in [1.29, 1.82) is 0 Å². The number of aliphatic hydroxyl groups is 2. The van der Waals surface area contributed by atoms with Crippen molar-refractivity contribution in [2.75, 3.05) is 32.2 Å². The first kappa shape index (κ1) is 14.3. The fourth-order valence-corrected chi connectivity index (χ4v) is 1.65. The van der Waals surface area contributed by atoms with Crippen molar-refractivity contribution < 1.29 is 14.9 Å². The SMILES string of the molecule is COc1ccc(Br)cc1NCC(C)(CO)CO. The Morgan fingerprint density at radius 2 is 2.00 bits per heavy atom. The number of hydrogen-bond donors (Lipinski definition) is 3. The number of ether oxygens (including phenoxy) is 1. The third-order valence-electron chi connectivity index (χ3n) is 2.63. The van der Waals surface area contributed by atoms with Crippen molar-refractivity contribution in [3.8, 4) is 5.75 Å². The second-order valence-corrected chi connectivity index (χ2v) is 5.24. The van der Waals surface area contributed by atoms with Crippen LogP contribution in [0, 0.1) is 5.41 Å². The molecule has 0 atom stereocenters. The highest BCUT2D eigenvalue weighted by Crippen LogP contribution is 2.29. The number of methoxy groups -OCH3 is 1. The first-order valence-corrected chi connectivity index (χ1v) is 6.13. The van der Waals surface area contributed by atoms with Crippen LogP contribution in [0.4, 0.5) is 5.69 Å². The molecule has 0 saturated carbocycles. The summed E-state index contributed by atoms with van der Waals surface area (Å²) in [5.41, 5.74) is 0.280. The van der Waals surface area contributed by atoms with E-state index in [2.05, 4.69) is 21.2 Å². The maximum Gasteiger partial charge on any atom is 0.142 e. The molecule has 0 spiro atoms. The Labute approximate surface area is 110 Å². The molecule has 1 rings (SSSR count). The van der Waals surface area contributed by atoms with Crippen molar-refractivity contribution in [3.63, 3.8) is 0 Å². The van der Waals surface area contributed by atoms with Gasteiger partial charge in [0.2, 0.25) is 0 Å². The van der Waals surface area contributed by atoms with E-state index in [-0.39, 0.29) is 13.2 Å². The number of hydrogen-bond acceptors (Lipinski definition) is 4. The third kappa shape index (κ3) is 3.87. The molecule has 1 aromatic carbocycles. The molecule has 0 aromatic heterocycles. The van der Waals surface area contributed by atoms with Gasteiger partial charge in [0.1, 0.15) is 5.75 Å². The summed E-state index contributed by atoms with van der Waals surface area (Å²) in [4.78, 5) is 0. The predicted molar refractivity (Wildman–Crippen MR) is 71.5 cm³/mol. The molecule has 0 radical (unpaired) electrons. The molecule has 1 aromatic rings. The maximum absolute atomic E-state index is 9.20. The van der Waals surface area contributed by atoms with Crippen LogP contribution < -0.4 is 10.1 Å². The van der Waals surface area contributed by atoms with Crippen LogP contribution in [0.1, 0.15) is 6.92 Å². The van der Waals surface area contributed by atoms with Gasteiger partial charge in [-0.2, -0.15) is 0 Å². The molecule has 0 heterocycles. The highest BCUT2D eigenvalue weighted by atomic mass is 79.9. The summed E-state index contributed by atoms with van der Waals surface area (Å²) in [6, 6.07) is 5.64. The molecule has 5 heteroatoms. The van der Waals surface area contributed by atoms with E-state index < -0.39 is 5.41 Å². The van der Waals surface area contributed by atoms with Crippen LogP contribution in [0.3, 0.4) is 0 Å². The summed E-state index contributed by atoms with van der Waals surface area (Å²) in [7, 11) is 1.60. The van der Waals surface area contributed by atoms with Crippen LogP contribution >= 0.6 is 15.9 Å². The fourth-order valence-electron chi connectivity index (χ4n) is 1.29. The lowest BCUT2D eigenvalue weighted by Crippen LogP contribution is -2.34. The van der Waals surface area contributed by atoms with Crippen LogP contribution in [-0.4, -0.2) is 37.1 Å². The van der Waals surface area contributed by atoms with Gasteiger partial charge in [-0.1, -0.05) is 22.9 Å². The highest BCUT2D eigenvalue weighted by Gasteiger charge is 2.22. The standard InChI is InChI=1S/C12H18BrNO3/c1-12(7-15,8-16)6-14-10-5-9(13)3-4-11(10)17-2/h3-5,14-16H,6-8H2,1-2H3. The Hall–Kier alpha value is -0.780. The summed E-state index contributed by atoms with van der Waals surface area (Å²) in [5, 5.41) is 21.6. The molecule has 96 valence electrons. The Balaban J connectivity index is 2.77. The van der Waals surface area contributed by atoms with Crippen LogP contribution in [0.5, 0.6) is 5.75 Å². The molecule has 0 fully saturated rings. The lowest BCUT2D eigenvalue weighted by atomic mass is 9.93. The van der Waals surface area contributed by atoms with Gasteiger partial charge in [0.15, 0.2) is 0 Å². The fraction of sp³-hybridized carbons (Fsp3) is 0.500. The highest BCUT2D eigenvalue weighted by molar-refractivity contribution is 9.10. The van der Waals surface area contributed by atoms with Gasteiger partial charge in [-0.15, -0.1) is 0 Å². The van der Waals surface area contributed by atoms with Gasteiger partial charge in [0.05, 0.1) is 26.0 Å². The molecule has 0 aliphatic heterocycles. The van der Waals surface area contributed by atoms with Crippen molar-refractivity contribution in [2.45, 2.75) is 6.92 Å². The van der Waals surface area contributed by atoms with Gasteiger partial charge in [-0.25, -0.2) is 0 Å². The van der Waals surface area contributed by atoms with Crippen LogP contribution in [0.25, 0.3) is 0 Å². The molecule has 3 N–H and O–H groups in total. The largest absolute Gasteiger partial charge is 0.495 e. The first-order valence-electron chi connectivity index (χ1n) is 5.34. The second kappa shape index (κ2) is 6.23. The van der Waals surface area contributed by atoms with E-state index in [1.165, 1.54) is 0 Å². The topological polar surface area (TPSA) is 61.7 Å². The van der Waals surface area contributed by atoms with Crippen LogP contribution in [0.2, 0.25) is 0 Å². The van der Waals surface area contributed by atoms with E-state index in [0.717, 1.165) is 15.9 Å². The number of rotatable bonds is 6. The average Bonchev–Trinajstić information content (AvgIpc) is 2.36. The summed E-state index contributed by atoms with van der Waals surface area (Å²) in [6.07, 6.45) is 0. The first-order chi connectivity index (χ1) is 8.04. The van der Waals surface area contributed by atoms with Gasteiger partial charge in [0.25, 0.3) is 0 Å². The summed E-state index contributed by atoms with van der Waals surface area (Å²) >= 11 is 3.39. The van der Waals surface area contributed by atoms with Crippen molar-refractivity contribution in [3.05, 3.63) is 22.7 Å². The lowest BCUT2D eigenvalue weighted by Gasteiger charge is -2.26. The maximum atomic E-state index is 9.20.